The lowest BCUT2D eigenvalue weighted by atomic mass is 10.00. The summed E-state index contributed by atoms with van der Waals surface area (Å²) in [5.41, 5.74) is 1.89. The second kappa shape index (κ2) is 8.38. The average molecular weight is 332 g/mol. The summed E-state index contributed by atoms with van der Waals surface area (Å²) in [5.74, 6) is -0.554. The van der Waals surface area contributed by atoms with Crippen molar-refractivity contribution in [1.29, 1.82) is 0 Å². The minimum Gasteiger partial charge on any atom is -0.466 e. The molecule has 1 atom stereocenters. The molecule has 0 bridgehead atoms. The minimum absolute atomic E-state index is 0.0312. The SMILES string of the molecule is COC(=O)/C=C(/Nc1ccc(N2CCCC(C)C2)cc1)C(=O)OC. The Hall–Kier alpha value is -2.50. The van der Waals surface area contributed by atoms with Crippen molar-refractivity contribution < 1.29 is 19.1 Å². The van der Waals surface area contributed by atoms with Gasteiger partial charge in [-0.05, 0) is 43.0 Å². The van der Waals surface area contributed by atoms with Crippen LogP contribution in [0.4, 0.5) is 11.4 Å². The van der Waals surface area contributed by atoms with Crippen LogP contribution in [-0.2, 0) is 19.1 Å². The largest absolute Gasteiger partial charge is 0.466 e. The number of benzene rings is 1. The monoisotopic (exact) mass is 332 g/mol. The van der Waals surface area contributed by atoms with Crippen LogP contribution >= 0.6 is 0 Å². The molecule has 0 aliphatic carbocycles. The summed E-state index contributed by atoms with van der Waals surface area (Å²) in [5, 5.41) is 2.90. The van der Waals surface area contributed by atoms with E-state index in [1.54, 1.807) is 0 Å². The van der Waals surface area contributed by atoms with Crippen LogP contribution in [0.25, 0.3) is 0 Å². The molecule has 1 aliphatic heterocycles. The normalized spacial score (nSPS) is 18.0. The van der Waals surface area contributed by atoms with Gasteiger partial charge >= 0.3 is 11.9 Å². The van der Waals surface area contributed by atoms with E-state index < -0.39 is 11.9 Å². The van der Waals surface area contributed by atoms with E-state index >= 15 is 0 Å². The number of carbonyl (C=O) groups excluding carboxylic acids is 2. The van der Waals surface area contributed by atoms with Crippen LogP contribution in [0, 0.1) is 5.92 Å². The van der Waals surface area contributed by atoms with Gasteiger partial charge in [-0.25, -0.2) is 9.59 Å². The Bertz CT molecular complexity index is 610. The number of hydrogen-bond donors (Lipinski definition) is 1. The van der Waals surface area contributed by atoms with Crippen molar-refractivity contribution in [2.45, 2.75) is 19.8 Å². The van der Waals surface area contributed by atoms with Gasteiger partial charge in [0.15, 0.2) is 0 Å². The number of anilines is 2. The van der Waals surface area contributed by atoms with E-state index in [9.17, 15) is 9.59 Å². The van der Waals surface area contributed by atoms with Gasteiger partial charge < -0.3 is 19.7 Å². The first kappa shape index (κ1) is 17.8. The fraction of sp³-hybridized carbons (Fsp3) is 0.444. The molecule has 1 unspecified atom stereocenters. The molecule has 1 saturated heterocycles. The van der Waals surface area contributed by atoms with Gasteiger partial charge in [0.05, 0.1) is 20.3 Å². The number of methoxy groups -OCH3 is 2. The van der Waals surface area contributed by atoms with Crippen LogP contribution in [0.5, 0.6) is 0 Å². The molecule has 1 fully saturated rings. The molecule has 0 radical (unpaired) electrons. The molecule has 2 rings (SSSR count). The molecule has 1 heterocycles. The Labute approximate surface area is 142 Å². The van der Waals surface area contributed by atoms with Crippen molar-refractivity contribution in [3.8, 4) is 0 Å². The standard InChI is InChI=1S/C18H24N2O4/c1-13-5-4-10-20(12-13)15-8-6-14(7-9-15)19-16(18(22)24-3)11-17(21)23-2/h6-9,11,13,19H,4-5,10,12H2,1-3H3/b16-11+. The molecule has 0 aromatic heterocycles. The van der Waals surface area contributed by atoms with Gasteiger partial charge in [0.25, 0.3) is 0 Å². The highest BCUT2D eigenvalue weighted by atomic mass is 16.5. The first-order valence-electron chi connectivity index (χ1n) is 8.03. The number of rotatable bonds is 5. The molecular weight excluding hydrogens is 308 g/mol. The van der Waals surface area contributed by atoms with Gasteiger partial charge in [0.1, 0.15) is 5.70 Å². The molecule has 0 spiro atoms. The molecular formula is C18H24N2O4. The first-order chi connectivity index (χ1) is 11.5. The third kappa shape index (κ3) is 4.75. The second-order valence-electron chi connectivity index (χ2n) is 5.94. The lowest BCUT2D eigenvalue weighted by molar-refractivity contribution is -0.138. The van der Waals surface area contributed by atoms with E-state index in [-0.39, 0.29) is 5.70 Å². The van der Waals surface area contributed by atoms with Crippen molar-refractivity contribution in [1.82, 2.24) is 0 Å². The highest BCUT2D eigenvalue weighted by Gasteiger charge is 2.17. The van der Waals surface area contributed by atoms with Crippen molar-refractivity contribution in [2.75, 3.05) is 37.5 Å². The van der Waals surface area contributed by atoms with Crippen LogP contribution in [0.15, 0.2) is 36.0 Å². The summed E-state index contributed by atoms with van der Waals surface area (Å²) < 4.78 is 9.23. The summed E-state index contributed by atoms with van der Waals surface area (Å²) in [6.45, 7) is 4.39. The van der Waals surface area contributed by atoms with E-state index in [2.05, 4.69) is 26.6 Å². The average Bonchev–Trinajstić information content (AvgIpc) is 2.61. The minimum atomic E-state index is -0.630. The molecule has 1 aromatic carbocycles. The number of piperidine rings is 1. The molecule has 1 aromatic rings. The van der Waals surface area contributed by atoms with Gasteiger partial charge in [-0.1, -0.05) is 6.92 Å². The van der Waals surface area contributed by atoms with Gasteiger partial charge in [0.2, 0.25) is 0 Å². The van der Waals surface area contributed by atoms with Crippen molar-refractivity contribution in [2.24, 2.45) is 5.92 Å². The van der Waals surface area contributed by atoms with Crippen LogP contribution in [0.2, 0.25) is 0 Å². The van der Waals surface area contributed by atoms with Crippen molar-refractivity contribution in [3.63, 3.8) is 0 Å². The number of carbonyl (C=O) groups is 2. The van der Waals surface area contributed by atoms with Crippen LogP contribution in [0.1, 0.15) is 19.8 Å². The number of esters is 2. The smallest absolute Gasteiger partial charge is 0.354 e. The molecule has 6 heteroatoms. The molecule has 1 N–H and O–H groups in total. The van der Waals surface area contributed by atoms with E-state index in [0.717, 1.165) is 24.9 Å². The zero-order valence-corrected chi connectivity index (χ0v) is 14.4. The van der Waals surface area contributed by atoms with E-state index in [4.69, 9.17) is 0 Å². The van der Waals surface area contributed by atoms with Gasteiger partial charge in [-0.2, -0.15) is 0 Å². The highest BCUT2D eigenvalue weighted by molar-refractivity contribution is 5.98. The maximum atomic E-state index is 11.7. The Morgan fingerprint density at radius 3 is 2.50 bits per heavy atom. The van der Waals surface area contributed by atoms with E-state index in [1.807, 2.05) is 24.3 Å². The third-order valence-electron chi connectivity index (χ3n) is 4.04. The second-order valence-corrected chi connectivity index (χ2v) is 5.94. The summed E-state index contributed by atoms with van der Waals surface area (Å²) in [7, 11) is 2.51. The summed E-state index contributed by atoms with van der Waals surface area (Å²) in [6.07, 6.45) is 3.55. The zero-order valence-electron chi connectivity index (χ0n) is 14.4. The Morgan fingerprint density at radius 2 is 1.92 bits per heavy atom. The van der Waals surface area contributed by atoms with Crippen molar-refractivity contribution in [3.05, 3.63) is 36.0 Å². The first-order valence-corrected chi connectivity index (χ1v) is 8.03. The maximum absolute atomic E-state index is 11.7. The maximum Gasteiger partial charge on any atom is 0.354 e. The van der Waals surface area contributed by atoms with Gasteiger partial charge in [-0.3, -0.25) is 0 Å². The predicted octanol–water partition coefficient (Wildman–Crippen LogP) is 2.56. The number of hydrogen-bond acceptors (Lipinski definition) is 6. The third-order valence-corrected chi connectivity index (χ3v) is 4.04. The number of nitrogens with zero attached hydrogens (tertiary/aromatic N) is 1. The van der Waals surface area contributed by atoms with Crippen LogP contribution in [-0.4, -0.2) is 39.2 Å². The van der Waals surface area contributed by atoms with Crippen LogP contribution in [0.3, 0.4) is 0 Å². The number of nitrogens with one attached hydrogen (secondary N) is 1. The van der Waals surface area contributed by atoms with Crippen molar-refractivity contribution >= 4 is 23.3 Å². The molecule has 6 nitrogen and oxygen atoms in total. The Kier molecular flexibility index (Phi) is 6.23. The Morgan fingerprint density at radius 1 is 1.21 bits per heavy atom. The molecule has 24 heavy (non-hydrogen) atoms. The molecule has 0 saturated carbocycles. The summed E-state index contributed by atoms with van der Waals surface area (Å²) >= 11 is 0. The lowest BCUT2D eigenvalue weighted by Gasteiger charge is -2.32. The summed E-state index contributed by atoms with van der Waals surface area (Å²) in [4.78, 5) is 25.5. The molecule has 1 aliphatic rings. The molecule has 0 amide bonds. The number of ether oxygens (including phenoxy) is 2. The van der Waals surface area contributed by atoms with Crippen LogP contribution < -0.4 is 10.2 Å². The lowest BCUT2D eigenvalue weighted by Crippen LogP contribution is -2.34. The quantitative estimate of drug-likeness (QED) is 0.660. The Balaban J connectivity index is 2.10. The van der Waals surface area contributed by atoms with Gasteiger partial charge in [-0.15, -0.1) is 0 Å². The predicted molar refractivity (Wildman–Crippen MR) is 92.8 cm³/mol. The zero-order chi connectivity index (χ0) is 17.5. The highest BCUT2D eigenvalue weighted by Crippen LogP contribution is 2.24. The fourth-order valence-electron chi connectivity index (χ4n) is 2.77. The summed E-state index contributed by atoms with van der Waals surface area (Å²) in [6, 6.07) is 7.77. The fourth-order valence-corrected chi connectivity index (χ4v) is 2.77. The van der Waals surface area contributed by atoms with Gasteiger partial charge in [0, 0.05) is 24.5 Å². The van der Waals surface area contributed by atoms with E-state index in [0.29, 0.717) is 11.6 Å². The topological polar surface area (TPSA) is 67.9 Å². The van der Waals surface area contributed by atoms with E-state index in [1.165, 1.54) is 27.1 Å². The molecule has 130 valence electrons.